The lowest BCUT2D eigenvalue weighted by Gasteiger charge is -2.32. The number of thiazole rings is 1. The summed E-state index contributed by atoms with van der Waals surface area (Å²) in [6, 6.07) is 13.6. The van der Waals surface area contributed by atoms with E-state index in [4.69, 9.17) is 22.3 Å². The molecule has 1 aliphatic heterocycles. The van der Waals surface area contributed by atoms with E-state index in [1.165, 1.54) is 16.9 Å². The molecule has 0 bridgehead atoms. The fourth-order valence-corrected chi connectivity index (χ4v) is 5.10. The summed E-state index contributed by atoms with van der Waals surface area (Å²) >= 11 is 7.40. The minimum atomic E-state index is -0.511. The van der Waals surface area contributed by atoms with Gasteiger partial charge in [0.1, 0.15) is 11.2 Å². The molecule has 3 heterocycles. The number of hydrogen-bond acceptors (Lipinski definition) is 6. The van der Waals surface area contributed by atoms with E-state index >= 15 is 0 Å². The largest absolute Gasteiger partial charge is 0.365 e. The predicted octanol–water partition coefficient (Wildman–Crippen LogP) is 3.65. The maximum Gasteiger partial charge on any atom is 0.261 e. The zero-order chi connectivity index (χ0) is 22.2. The molecule has 9 heteroatoms. The van der Waals surface area contributed by atoms with E-state index < -0.39 is 5.91 Å². The third-order valence-electron chi connectivity index (χ3n) is 5.76. The average molecular weight is 467 g/mol. The number of imidazole rings is 1. The summed E-state index contributed by atoms with van der Waals surface area (Å²) in [5, 5.41) is 1.22. The third kappa shape index (κ3) is 4.14. The molecule has 2 N–H and O–H groups in total. The second-order valence-corrected chi connectivity index (χ2v) is 9.48. The molecule has 1 saturated heterocycles. The van der Waals surface area contributed by atoms with Crippen molar-refractivity contribution in [3.05, 3.63) is 64.3 Å². The Morgan fingerprint density at radius 1 is 1.16 bits per heavy atom. The quantitative estimate of drug-likeness (QED) is 0.485. The number of hydrogen-bond donors (Lipinski definition) is 1. The number of fused-ring (bicyclic) bond motifs is 1. The molecule has 0 atom stereocenters. The molecule has 0 saturated carbocycles. The molecular weight excluding hydrogens is 444 g/mol. The maximum absolute atomic E-state index is 12.1. The zero-order valence-corrected chi connectivity index (χ0v) is 19.2. The van der Waals surface area contributed by atoms with Crippen LogP contribution in [0.2, 0.25) is 5.02 Å². The molecule has 5 rings (SSSR count). The molecule has 0 unspecified atom stereocenters. The molecule has 164 valence electrons. The minimum absolute atomic E-state index is 0.399. The summed E-state index contributed by atoms with van der Waals surface area (Å²) in [7, 11) is 2.16. The van der Waals surface area contributed by atoms with Gasteiger partial charge in [-0.05, 0) is 36.9 Å². The van der Waals surface area contributed by atoms with Crippen LogP contribution in [-0.2, 0) is 6.54 Å². The number of piperazine rings is 1. The Kier molecular flexibility index (Phi) is 5.69. The van der Waals surface area contributed by atoms with Gasteiger partial charge in [0.2, 0.25) is 0 Å². The Morgan fingerprint density at radius 3 is 2.72 bits per heavy atom. The van der Waals surface area contributed by atoms with E-state index in [9.17, 15) is 4.79 Å². The van der Waals surface area contributed by atoms with Gasteiger partial charge in [-0.1, -0.05) is 41.1 Å². The molecule has 4 aromatic rings. The van der Waals surface area contributed by atoms with E-state index in [0.29, 0.717) is 20.7 Å². The number of rotatable bonds is 5. The first kappa shape index (κ1) is 21.1. The van der Waals surface area contributed by atoms with Crippen molar-refractivity contribution >= 4 is 39.9 Å². The minimum Gasteiger partial charge on any atom is -0.365 e. The molecule has 2 aromatic carbocycles. The fourth-order valence-electron chi connectivity index (χ4n) is 3.98. The van der Waals surface area contributed by atoms with Gasteiger partial charge >= 0.3 is 0 Å². The lowest BCUT2D eigenvalue weighted by atomic mass is 10.1. The number of nitrogens with two attached hydrogens (primary N) is 1. The zero-order valence-electron chi connectivity index (χ0n) is 17.7. The molecule has 1 amide bonds. The van der Waals surface area contributed by atoms with Crippen LogP contribution in [0, 0.1) is 0 Å². The highest BCUT2D eigenvalue weighted by molar-refractivity contribution is 7.16. The number of primary amides is 1. The van der Waals surface area contributed by atoms with E-state index in [0.717, 1.165) is 49.3 Å². The number of aromatic nitrogens is 3. The van der Waals surface area contributed by atoms with Crippen molar-refractivity contribution in [3.63, 3.8) is 0 Å². The number of likely N-dealkylation sites (N-methyl/N-ethyl adjacent to an activating group) is 1. The molecule has 32 heavy (non-hydrogen) atoms. The number of halogens is 1. The maximum atomic E-state index is 12.1. The van der Waals surface area contributed by atoms with Crippen LogP contribution in [0.25, 0.3) is 27.4 Å². The third-order valence-corrected chi connectivity index (χ3v) is 7.06. The summed E-state index contributed by atoms with van der Waals surface area (Å²) in [4.78, 5) is 26.7. The Hall–Kier alpha value is -2.78. The predicted molar refractivity (Wildman–Crippen MR) is 128 cm³/mol. The van der Waals surface area contributed by atoms with Crippen LogP contribution in [0.4, 0.5) is 0 Å². The molecule has 1 aliphatic rings. The summed E-state index contributed by atoms with van der Waals surface area (Å²) in [6.45, 7) is 5.25. The lowest BCUT2D eigenvalue weighted by Crippen LogP contribution is -2.43. The van der Waals surface area contributed by atoms with Crippen molar-refractivity contribution < 1.29 is 4.79 Å². The van der Waals surface area contributed by atoms with Crippen LogP contribution in [0.5, 0.6) is 0 Å². The SMILES string of the molecule is CN1CCN(Cc2ccc3c(c2)ncn3-c2nc(-c3cccc(Cl)c3)c(C(N)=O)s2)CC1. The van der Waals surface area contributed by atoms with Crippen molar-refractivity contribution in [1.29, 1.82) is 0 Å². The molecule has 0 aliphatic carbocycles. The number of nitrogens with zero attached hydrogens (tertiary/aromatic N) is 5. The van der Waals surface area contributed by atoms with Gasteiger partial charge < -0.3 is 10.6 Å². The van der Waals surface area contributed by atoms with Gasteiger partial charge in [-0.25, -0.2) is 9.97 Å². The van der Waals surface area contributed by atoms with Gasteiger partial charge in [0.15, 0.2) is 5.13 Å². The monoisotopic (exact) mass is 466 g/mol. The molecular formula is C23H23ClN6OS. The topological polar surface area (TPSA) is 80.3 Å². The Bertz CT molecular complexity index is 1290. The molecule has 1 fully saturated rings. The van der Waals surface area contributed by atoms with Crippen LogP contribution in [0.3, 0.4) is 0 Å². The van der Waals surface area contributed by atoms with Gasteiger partial charge in [0, 0.05) is 43.3 Å². The van der Waals surface area contributed by atoms with E-state index in [2.05, 4.69) is 40.0 Å². The highest BCUT2D eigenvalue weighted by Gasteiger charge is 2.20. The summed E-state index contributed by atoms with van der Waals surface area (Å²) < 4.78 is 1.90. The lowest BCUT2D eigenvalue weighted by molar-refractivity contribution is 0.100. The first-order valence-corrected chi connectivity index (χ1v) is 11.6. The fraction of sp³-hybridized carbons (Fsp3) is 0.261. The van der Waals surface area contributed by atoms with Crippen molar-refractivity contribution in [3.8, 4) is 16.4 Å². The van der Waals surface area contributed by atoms with Crippen molar-refractivity contribution in [2.45, 2.75) is 6.54 Å². The van der Waals surface area contributed by atoms with Gasteiger partial charge in [0.25, 0.3) is 5.91 Å². The highest BCUT2D eigenvalue weighted by atomic mass is 35.5. The molecule has 0 spiro atoms. The first-order valence-electron chi connectivity index (χ1n) is 10.4. The number of carbonyl (C=O) groups is 1. The van der Waals surface area contributed by atoms with E-state index in [1.54, 1.807) is 18.5 Å². The van der Waals surface area contributed by atoms with Crippen molar-refractivity contribution in [1.82, 2.24) is 24.3 Å². The van der Waals surface area contributed by atoms with Crippen LogP contribution >= 0.6 is 22.9 Å². The average Bonchev–Trinajstić information content (AvgIpc) is 3.39. The van der Waals surface area contributed by atoms with Crippen LogP contribution in [0.1, 0.15) is 15.2 Å². The molecule has 0 radical (unpaired) electrons. The molecule has 7 nitrogen and oxygen atoms in total. The van der Waals surface area contributed by atoms with Crippen LogP contribution < -0.4 is 5.73 Å². The highest BCUT2D eigenvalue weighted by Crippen LogP contribution is 2.32. The van der Waals surface area contributed by atoms with Crippen LogP contribution in [-0.4, -0.2) is 63.5 Å². The summed E-state index contributed by atoms with van der Waals surface area (Å²) in [6.07, 6.45) is 1.75. The Balaban J connectivity index is 1.47. The van der Waals surface area contributed by atoms with Gasteiger partial charge in [-0.2, -0.15) is 0 Å². The van der Waals surface area contributed by atoms with Gasteiger partial charge in [0.05, 0.1) is 16.7 Å². The number of carbonyl (C=O) groups excluding carboxylic acids is 1. The first-order chi connectivity index (χ1) is 15.5. The smallest absolute Gasteiger partial charge is 0.261 e. The second-order valence-electron chi connectivity index (χ2n) is 8.07. The van der Waals surface area contributed by atoms with E-state index in [-0.39, 0.29) is 0 Å². The second kappa shape index (κ2) is 8.63. The summed E-state index contributed by atoms with van der Waals surface area (Å²) in [5.74, 6) is -0.511. The van der Waals surface area contributed by atoms with E-state index in [1.807, 2.05) is 16.7 Å². The Labute approximate surface area is 195 Å². The van der Waals surface area contributed by atoms with Gasteiger partial charge in [-0.3, -0.25) is 14.3 Å². The van der Waals surface area contributed by atoms with Crippen LogP contribution in [0.15, 0.2) is 48.8 Å². The van der Waals surface area contributed by atoms with Crippen molar-refractivity contribution in [2.24, 2.45) is 5.73 Å². The number of benzene rings is 2. The normalized spacial score (nSPS) is 15.4. The number of amides is 1. The van der Waals surface area contributed by atoms with Crippen molar-refractivity contribution in [2.75, 3.05) is 33.2 Å². The summed E-state index contributed by atoms with van der Waals surface area (Å²) in [5.41, 5.74) is 10.0. The van der Waals surface area contributed by atoms with Gasteiger partial charge in [-0.15, -0.1) is 0 Å². The Morgan fingerprint density at radius 2 is 1.97 bits per heavy atom. The molecule has 2 aromatic heterocycles. The standard InChI is InChI=1S/C23H23ClN6OS/c1-28-7-9-29(10-8-28)13-15-5-6-19-18(11-15)26-14-30(19)23-27-20(21(32-23)22(25)31)16-3-2-4-17(24)12-16/h2-6,11-12,14H,7-10,13H2,1H3,(H2,25,31).